The van der Waals surface area contributed by atoms with Crippen molar-refractivity contribution in [1.29, 1.82) is 0 Å². The zero-order valence-electron chi connectivity index (χ0n) is 12.3. The van der Waals surface area contributed by atoms with Gasteiger partial charge in [-0.15, -0.1) is 0 Å². The third-order valence-corrected chi connectivity index (χ3v) is 3.55. The Morgan fingerprint density at radius 3 is 3.20 bits per heavy atom. The third kappa shape index (κ3) is 3.48. The first kappa shape index (κ1) is 14.8. The molecule has 5 nitrogen and oxygen atoms in total. The summed E-state index contributed by atoms with van der Waals surface area (Å²) in [4.78, 5) is 18.6. The average Bonchev–Trinajstić information content (AvgIpc) is 2.95. The summed E-state index contributed by atoms with van der Waals surface area (Å²) in [5, 5.41) is 2.97. The first-order chi connectivity index (χ1) is 9.76. The van der Waals surface area contributed by atoms with Crippen LogP contribution in [0.25, 0.3) is 0 Å². The van der Waals surface area contributed by atoms with Gasteiger partial charge in [0, 0.05) is 38.9 Å². The van der Waals surface area contributed by atoms with Crippen LogP contribution in [0, 0.1) is 5.92 Å². The van der Waals surface area contributed by atoms with E-state index < -0.39 is 0 Å². The van der Waals surface area contributed by atoms with Gasteiger partial charge in [0.2, 0.25) is 0 Å². The predicted octanol–water partition coefficient (Wildman–Crippen LogP) is 2.01. The molecule has 1 unspecified atom stereocenters. The van der Waals surface area contributed by atoms with E-state index in [1.807, 2.05) is 11.0 Å². The molecule has 0 saturated carbocycles. The minimum absolute atomic E-state index is 0.0560. The van der Waals surface area contributed by atoms with E-state index in [2.05, 4.69) is 17.2 Å². The van der Waals surface area contributed by atoms with Crippen LogP contribution in [0.1, 0.15) is 30.1 Å². The molecule has 1 aliphatic heterocycles. The largest absolute Gasteiger partial charge is 0.381 e. The minimum atomic E-state index is 0.0560. The Hall–Kier alpha value is -1.62. The molecule has 1 saturated heterocycles. The number of hydrogen-bond acceptors (Lipinski definition) is 4. The van der Waals surface area contributed by atoms with Crippen LogP contribution in [0.3, 0.4) is 0 Å². The van der Waals surface area contributed by atoms with Crippen molar-refractivity contribution in [2.75, 3.05) is 38.7 Å². The van der Waals surface area contributed by atoms with E-state index in [-0.39, 0.29) is 5.91 Å². The molecule has 1 N–H and O–H groups in total. The summed E-state index contributed by atoms with van der Waals surface area (Å²) in [7, 11) is 1.78. The second kappa shape index (κ2) is 7.24. The van der Waals surface area contributed by atoms with Gasteiger partial charge in [0.1, 0.15) is 5.82 Å². The van der Waals surface area contributed by atoms with Crippen LogP contribution in [0.4, 0.5) is 5.82 Å². The first-order valence-electron chi connectivity index (χ1n) is 7.26. The molecule has 2 rings (SSSR count). The molecule has 1 aromatic heterocycles. The van der Waals surface area contributed by atoms with Crippen molar-refractivity contribution < 1.29 is 9.53 Å². The number of nitrogens with one attached hydrogen (secondary N) is 1. The van der Waals surface area contributed by atoms with E-state index in [1.54, 1.807) is 19.3 Å². The number of carbonyl (C=O) groups is 1. The number of anilines is 1. The second-order valence-electron chi connectivity index (χ2n) is 5.13. The molecule has 0 spiro atoms. The van der Waals surface area contributed by atoms with E-state index in [4.69, 9.17) is 4.74 Å². The summed E-state index contributed by atoms with van der Waals surface area (Å²) in [6.07, 6.45) is 3.75. The highest BCUT2D eigenvalue weighted by atomic mass is 16.5. The predicted molar refractivity (Wildman–Crippen MR) is 78.9 cm³/mol. The van der Waals surface area contributed by atoms with E-state index >= 15 is 0 Å². The Morgan fingerprint density at radius 2 is 2.45 bits per heavy atom. The van der Waals surface area contributed by atoms with Crippen molar-refractivity contribution in [3.8, 4) is 0 Å². The van der Waals surface area contributed by atoms with Crippen LogP contribution in [-0.4, -0.2) is 49.1 Å². The summed E-state index contributed by atoms with van der Waals surface area (Å²) in [5.74, 6) is 1.16. The van der Waals surface area contributed by atoms with Crippen molar-refractivity contribution in [1.82, 2.24) is 9.88 Å². The summed E-state index contributed by atoms with van der Waals surface area (Å²) < 4.78 is 5.58. The van der Waals surface area contributed by atoms with Crippen molar-refractivity contribution in [2.24, 2.45) is 5.92 Å². The third-order valence-electron chi connectivity index (χ3n) is 3.55. The maximum atomic E-state index is 12.5. The fourth-order valence-electron chi connectivity index (χ4n) is 2.49. The summed E-state index contributed by atoms with van der Waals surface area (Å²) >= 11 is 0. The van der Waals surface area contributed by atoms with E-state index in [0.29, 0.717) is 17.3 Å². The van der Waals surface area contributed by atoms with Gasteiger partial charge < -0.3 is 15.0 Å². The fraction of sp³-hybridized carbons (Fsp3) is 0.600. The lowest BCUT2D eigenvalue weighted by Crippen LogP contribution is -2.30. The average molecular weight is 277 g/mol. The molecule has 1 amide bonds. The molecule has 1 fully saturated rings. The number of ether oxygens (including phenoxy) is 1. The van der Waals surface area contributed by atoms with Gasteiger partial charge in [0.25, 0.3) is 5.91 Å². The van der Waals surface area contributed by atoms with Gasteiger partial charge in [0.15, 0.2) is 0 Å². The van der Waals surface area contributed by atoms with Gasteiger partial charge in [-0.25, -0.2) is 4.98 Å². The number of pyridine rings is 1. The molecule has 0 bridgehead atoms. The van der Waals surface area contributed by atoms with Crippen molar-refractivity contribution in [2.45, 2.75) is 19.8 Å². The molecule has 0 aliphatic carbocycles. The molecule has 0 aromatic carbocycles. The quantitative estimate of drug-likeness (QED) is 0.808. The van der Waals surface area contributed by atoms with Crippen LogP contribution >= 0.6 is 0 Å². The number of hydrogen-bond donors (Lipinski definition) is 1. The van der Waals surface area contributed by atoms with Gasteiger partial charge >= 0.3 is 0 Å². The van der Waals surface area contributed by atoms with Crippen molar-refractivity contribution >= 4 is 11.7 Å². The maximum absolute atomic E-state index is 12.5. The number of likely N-dealkylation sites (tertiary alicyclic amines) is 1. The standard InChI is InChI=1S/C15H23N3O2/c1-3-9-20-11-12-6-8-18(10-12)15(19)13-5-4-7-17-14(13)16-2/h4-5,7,12H,3,6,8-11H2,1-2H3,(H,16,17). The normalized spacial score (nSPS) is 18.3. The van der Waals surface area contributed by atoms with Crippen LogP contribution in [0.15, 0.2) is 18.3 Å². The Morgan fingerprint density at radius 1 is 1.60 bits per heavy atom. The SMILES string of the molecule is CCCOCC1CCN(C(=O)c2cccnc2NC)C1. The highest BCUT2D eigenvalue weighted by Crippen LogP contribution is 2.21. The topological polar surface area (TPSA) is 54.5 Å². The van der Waals surface area contributed by atoms with Gasteiger partial charge in [0.05, 0.1) is 12.2 Å². The number of carbonyl (C=O) groups excluding carboxylic acids is 1. The molecule has 0 radical (unpaired) electrons. The Bertz CT molecular complexity index is 450. The van der Waals surface area contributed by atoms with Crippen LogP contribution in [0.5, 0.6) is 0 Å². The number of nitrogens with zero attached hydrogens (tertiary/aromatic N) is 2. The summed E-state index contributed by atoms with van der Waals surface area (Å²) in [5.41, 5.74) is 0.644. The highest BCUT2D eigenvalue weighted by Gasteiger charge is 2.28. The van der Waals surface area contributed by atoms with Gasteiger partial charge in [-0.2, -0.15) is 0 Å². The van der Waals surface area contributed by atoms with E-state index in [9.17, 15) is 4.79 Å². The molecule has 1 aliphatic rings. The maximum Gasteiger partial charge on any atom is 0.257 e. The lowest BCUT2D eigenvalue weighted by atomic mass is 10.1. The zero-order chi connectivity index (χ0) is 14.4. The monoisotopic (exact) mass is 277 g/mol. The highest BCUT2D eigenvalue weighted by molar-refractivity contribution is 5.98. The van der Waals surface area contributed by atoms with Crippen LogP contribution in [0.2, 0.25) is 0 Å². The van der Waals surface area contributed by atoms with Crippen molar-refractivity contribution in [3.63, 3.8) is 0 Å². The Kier molecular flexibility index (Phi) is 5.35. The molecule has 110 valence electrons. The van der Waals surface area contributed by atoms with Gasteiger partial charge in [-0.05, 0) is 25.0 Å². The fourth-order valence-corrected chi connectivity index (χ4v) is 2.49. The summed E-state index contributed by atoms with van der Waals surface area (Å²) in [6.45, 7) is 5.24. The number of aromatic nitrogens is 1. The smallest absolute Gasteiger partial charge is 0.257 e. The molecule has 2 heterocycles. The molecule has 1 aromatic rings. The molecular weight excluding hydrogens is 254 g/mol. The number of rotatable bonds is 6. The van der Waals surface area contributed by atoms with Gasteiger partial charge in [-0.1, -0.05) is 6.92 Å². The lowest BCUT2D eigenvalue weighted by molar-refractivity contribution is 0.0755. The Balaban J connectivity index is 1.94. The van der Waals surface area contributed by atoms with Crippen LogP contribution in [-0.2, 0) is 4.74 Å². The van der Waals surface area contributed by atoms with E-state index in [1.165, 1.54) is 0 Å². The number of amides is 1. The van der Waals surface area contributed by atoms with Crippen LogP contribution < -0.4 is 5.32 Å². The second-order valence-corrected chi connectivity index (χ2v) is 5.13. The minimum Gasteiger partial charge on any atom is -0.381 e. The van der Waals surface area contributed by atoms with Crippen molar-refractivity contribution in [3.05, 3.63) is 23.9 Å². The molecule has 5 heteroatoms. The molecule has 1 atom stereocenters. The zero-order valence-corrected chi connectivity index (χ0v) is 12.3. The molecule has 20 heavy (non-hydrogen) atoms. The lowest BCUT2D eigenvalue weighted by Gasteiger charge is -2.18. The molecular formula is C15H23N3O2. The van der Waals surface area contributed by atoms with E-state index in [0.717, 1.165) is 39.1 Å². The van der Waals surface area contributed by atoms with Gasteiger partial charge in [-0.3, -0.25) is 4.79 Å². The first-order valence-corrected chi connectivity index (χ1v) is 7.26. The Labute approximate surface area is 120 Å². The summed E-state index contributed by atoms with van der Waals surface area (Å²) in [6, 6.07) is 3.62.